The summed E-state index contributed by atoms with van der Waals surface area (Å²) in [5.41, 5.74) is 0. The summed E-state index contributed by atoms with van der Waals surface area (Å²) in [7, 11) is 0. The molecule has 0 bridgehead atoms. The van der Waals surface area contributed by atoms with E-state index >= 15 is 0 Å². The molecule has 0 aliphatic rings. The molecule has 0 amide bonds. The molecule has 0 aromatic carbocycles. The van der Waals surface area contributed by atoms with E-state index in [2.05, 4.69) is 11.7 Å². The third kappa shape index (κ3) is 9.29. The van der Waals surface area contributed by atoms with Crippen molar-refractivity contribution in [3.05, 3.63) is 0 Å². The minimum absolute atomic E-state index is 0.0294. The van der Waals surface area contributed by atoms with Gasteiger partial charge in [0, 0.05) is 13.1 Å². The smallest absolute Gasteiger partial charge is 0.0867 e. The lowest BCUT2D eigenvalue weighted by Crippen LogP contribution is -2.30. The molecule has 0 spiro atoms. The highest BCUT2D eigenvalue weighted by molar-refractivity contribution is 4.75. The maximum absolute atomic E-state index is 8.46. The van der Waals surface area contributed by atoms with Crippen LogP contribution in [0.25, 0.3) is 0 Å². The van der Waals surface area contributed by atoms with Gasteiger partial charge in [-0.1, -0.05) is 0 Å². The van der Waals surface area contributed by atoms with E-state index < -0.39 is 0 Å². The average Bonchev–Trinajstić information content (AvgIpc) is 2.10. The molecule has 0 saturated carbocycles. The van der Waals surface area contributed by atoms with Crippen LogP contribution in [0.5, 0.6) is 0 Å². The van der Waals surface area contributed by atoms with Crippen molar-refractivity contribution in [2.75, 3.05) is 32.8 Å². The zero-order chi connectivity index (χ0) is 9.82. The maximum Gasteiger partial charge on any atom is 0.0867 e. The third-order valence-electron chi connectivity index (χ3n) is 1.13. The van der Waals surface area contributed by atoms with Crippen LogP contribution in [0, 0.1) is 11.3 Å². The molecule has 0 rings (SSSR count). The lowest BCUT2D eigenvalue weighted by Gasteiger charge is -2.14. The Kier molecular flexibility index (Phi) is 14.9. The second kappa shape index (κ2) is 12.9. The van der Waals surface area contributed by atoms with Gasteiger partial charge in [0.05, 0.1) is 25.8 Å². The summed E-state index contributed by atoms with van der Waals surface area (Å²) in [5, 5.41) is 25.1. The van der Waals surface area contributed by atoms with E-state index in [0.717, 1.165) is 0 Å². The monoisotopic (exact) mass is 176 g/mol. The first-order valence-corrected chi connectivity index (χ1v) is 3.49. The van der Waals surface area contributed by atoms with Crippen LogP contribution in [0.4, 0.5) is 0 Å². The van der Waals surface area contributed by atoms with Crippen molar-refractivity contribution in [3.8, 4) is 6.07 Å². The molecule has 0 atom stereocenters. The van der Waals surface area contributed by atoms with Crippen molar-refractivity contribution >= 4 is 0 Å². The number of aliphatic hydroxyl groups excluding tert-OH is 2. The van der Waals surface area contributed by atoms with Crippen LogP contribution in [0.1, 0.15) is 0 Å². The second-order valence-electron chi connectivity index (χ2n) is 1.88. The number of hydrogen-bond acceptors (Lipinski definition) is 6. The molecule has 72 valence electrons. The summed E-state index contributed by atoms with van der Waals surface area (Å²) < 4.78 is 0. The minimum atomic E-state index is 0.0294. The average molecular weight is 176 g/mol. The largest absolute Gasteiger partial charge is 0.395 e. The van der Waals surface area contributed by atoms with Gasteiger partial charge in [0.15, 0.2) is 0 Å². The van der Waals surface area contributed by atoms with Crippen LogP contribution >= 0.6 is 0 Å². The van der Waals surface area contributed by atoms with Gasteiger partial charge >= 0.3 is 0 Å². The summed E-state index contributed by atoms with van der Waals surface area (Å²) in [6.45, 7) is 1.23. The Morgan fingerprint density at radius 3 is 1.83 bits per heavy atom. The standard InChI is InChI=1S/C6H12N2O2.H4N2/c7-1-2-8(3-5-9)4-6-10;1-2/h9-10H,2-6H2;1-2H2. The molecule has 0 aliphatic carbocycles. The molecule has 0 aromatic rings. The molecular weight excluding hydrogens is 160 g/mol. The summed E-state index contributed by atoms with van der Waals surface area (Å²) >= 11 is 0. The highest BCUT2D eigenvalue weighted by atomic mass is 16.3. The minimum Gasteiger partial charge on any atom is -0.395 e. The van der Waals surface area contributed by atoms with Gasteiger partial charge in [0.1, 0.15) is 0 Å². The fourth-order valence-electron chi connectivity index (χ4n) is 0.653. The van der Waals surface area contributed by atoms with Crippen LogP contribution in [0.15, 0.2) is 0 Å². The Morgan fingerprint density at radius 1 is 1.17 bits per heavy atom. The first kappa shape index (κ1) is 13.9. The fraction of sp³-hybridized carbons (Fsp3) is 0.833. The summed E-state index contributed by atoms with van der Waals surface area (Å²) in [6.07, 6.45) is 0. The molecular formula is C6H16N4O2. The molecule has 6 heteroatoms. The van der Waals surface area contributed by atoms with E-state index in [4.69, 9.17) is 15.5 Å². The van der Waals surface area contributed by atoms with Gasteiger partial charge in [0.25, 0.3) is 0 Å². The second-order valence-corrected chi connectivity index (χ2v) is 1.88. The van der Waals surface area contributed by atoms with Crippen LogP contribution < -0.4 is 11.7 Å². The summed E-state index contributed by atoms with van der Waals surface area (Å²) in [6, 6.07) is 1.94. The normalized spacial score (nSPS) is 8.67. The molecule has 0 unspecified atom stereocenters. The van der Waals surface area contributed by atoms with Crippen LogP contribution in [0.3, 0.4) is 0 Å². The molecule has 6 nitrogen and oxygen atoms in total. The number of hydrogen-bond donors (Lipinski definition) is 4. The number of nitriles is 1. The van der Waals surface area contributed by atoms with E-state index in [-0.39, 0.29) is 19.8 Å². The number of nitrogens with zero attached hydrogens (tertiary/aromatic N) is 2. The first-order valence-electron chi connectivity index (χ1n) is 3.49. The van der Waals surface area contributed by atoms with Gasteiger partial charge < -0.3 is 10.2 Å². The number of aliphatic hydroxyl groups is 2. The summed E-state index contributed by atoms with van der Waals surface area (Å²) in [4.78, 5) is 1.68. The Morgan fingerprint density at radius 2 is 1.58 bits per heavy atom. The van der Waals surface area contributed by atoms with Crippen molar-refractivity contribution < 1.29 is 10.2 Å². The first-order chi connectivity index (χ1) is 5.85. The zero-order valence-electron chi connectivity index (χ0n) is 6.98. The Bertz CT molecular complexity index is 109. The van der Waals surface area contributed by atoms with Crippen molar-refractivity contribution in [3.63, 3.8) is 0 Å². The van der Waals surface area contributed by atoms with Gasteiger partial charge in [-0.25, -0.2) is 0 Å². The predicted octanol–water partition coefficient (Wildman–Crippen LogP) is -2.38. The van der Waals surface area contributed by atoms with Crippen molar-refractivity contribution in [1.29, 1.82) is 5.26 Å². The van der Waals surface area contributed by atoms with E-state index in [1.165, 1.54) is 0 Å². The number of hydrazine groups is 1. The lowest BCUT2D eigenvalue weighted by atomic mass is 10.5. The molecule has 0 aromatic heterocycles. The molecule has 0 radical (unpaired) electrons. The van der Waals surface area contributed by atoms with Crippen molar-refractivity contribution in [2.45, 2.75) is 0 Å². The number of nitrogens with two attached hydrogens (primary N) is 2. The molecule has 0 aliphatic heterocycles. The van der Waals surface area contributed by atoms with E-state index in [1.807, 2.05) is 6.07 Å². The van der Waals surface area contributed by atoms with E-state index in [0.29, 0.717) is 13.1 Å². The Hall–Kier alpha value is -0.710. The van der Waals surface area contributed by atoms with Gasteiger partial charge in [-0.3, -0.25) is 16.6 Å². The van der Waals surface area contributed by atoms with E-state index in [1.54, 1.807) is 4.90 Å². The molecule has 6 N–H and O–H groups in total. The molecule has 0 fully saturated rings. The topological polar surface area (TPSA) is 120 Å². The molecule has 12 heavy (non-hydrogen) atoms. The quantitative estimate of drug-likeness (QED) is 0.211. The Labute approximate surface area is 72.0 Å². The van der Waals surface area contributed by atoms with Crippen molar-refractivity contribution in [1.82, 2.24) is 4.90 Å². The SMILES string of the molecule is N#CCN(CCO)CCO.NN. The highest BCUT2D eigenvalue weighted by Crippen LogP contribution is 1.83. The van der Waals surface area contributed by atoms with Crippen LogP contribution in [-0.4, -0.2) is 48.0 Å². The van der Waals surface area contributed by atoms with Gasteiger partial charge in [-0.15, -0.1) is 0 Å². The molecule has 0 heterocycles. The third-order valence-corrected chi connectivity index (χ3v) is 1.13. The van der Waals surface area contributed by atoms with Crippen molar-refractivity contribution in [2.24, 2.45) is 11.7 Å². The maximum atomic E-state index is 8.46. The van der Waals surface area contributed by atoms with Crippen LogP contribution in [0.2, 0.25) is 0 Å². The van der Waals surface area contributed by atoms with E-state index in [9.17, 15) is 0 Å². The zero-order valence-corrected chi connectivity index (χ0v) is 6.98. The summed E-state index contributed by atoms with van der Waals surface area (Å²) in [5.74, 6) is 8.00. The van der Waals surface area contributed by atoms with Gasteiger partial charge in [0.2, 0.25) is 0 Å². The fourth-order valence-corrected chi connectivity index (χ4v) is 0.653. The number of rotatable bonds is 5. The Balaban J connectivity index is 0. The van der Waals surface area contributed by atoms with Gasteiger partial charge in [-0.05, 0) is 0 Å². The lowest BCUT2D eigenvalue weighted by molar-refractivity contribution is 0.173. The van der Waals surface area contributed by atoms with Gasteiger partial charge in [-0.2, -0.15) is 5.26 Å². The highest BCUT2D eigenvalue weighted by Gasteiger charge is 2.00. The predicted molar refractivity (Wildman–Crippen MR) is 44.6 cm³/mol. The van der Waals surface area contributed by atoms with Crippen LogP contribution in [-0.2, 0) is 0 Å². The molecule has 0 saturated heterocycles.